The SMILES string of the molecule is CCCNC(=O)[C@H](CC)N(Cc1ccc(OC)cc1)C(=O)CN(c1ccc(OCC)cc1)S(=O)(=O)c1ccc(Cl)cc1. The zero-order valence-corrected chi connectivity index (χ0v) is 26.0. The lowest BCUT2D eigenvalue weighted by molar-refractivity contribution is -0.140. The van der Waals surface area contributed by atoms with Gasteiger partial charge in [0.15, 0.2) is 0 Å². The first kappa shape index (κ1) is 32.8. The summed E-state index contributed by atoms with van der Waals surface area (Å²) in [5.41, 5.74) is 1.04. The second kappa shape index (κ2) is 15.5. The van der Waals surface area contributed by atoms with Gasteiger partial charge in [0.05, 0.1) is 24.3 Å². The van der Waals surface area contributed by atoms with Crippen molar-refractivity contribution in [2.24, 2.45) is 0 Å². The highest BCUT2D eigenvalue weighted by Crippen LogP contribution is 2.27. The minimum absolute atomic E-state index is 0.0250. The van der Waals surface area contributed by atoms with Crippen molar-refractivity contribution in [1.29, 1.82) is 0 Å². The number of ether oxygens (including phenoxy) is 2. The van der Waals surface area contributed by atoms with Crippen LogP contribution >= 0.6 is 11.6 Å². The molecular weight excluding hydrogens is 578 g/mol. The molecule has 0 aromatic heterocycles. The summed E-state index contributed by atoms with van der Waals surface area (Å²) in [5, 5.41) is 3.26. The van der Waals surface area contributed by atoms with Crippen LogP contribution < -0.4 is 19.1 Å². The number of hydrogen-bond acceptors (Lipinski definition) is 6. The Hall–Kier alpha value is -3.76. The summed E-state index contributed by atoms with van der Waals surface area (Å²) in [7, 11) is -2.64. The molecule has 0 saturated carbocycles. The second-order valence-electron chi connectivity index (χ2n) is 9.48. The quantitative estimate of drug-likeness (QED) is 0.250. The molecule has 1 N–H and O–H groups in total. The molecule has 0 heterocycles. The molecule has 3 aromatic carbocycles. The van der Waals surface area contributed by atoms with Gasteiger partial charge in [-0.15, -0.1) is 0 Å². The largest absolute Gasteiger partial charge is 0.497 e. The first-order valence-corrected chi connectivity index (χ1v) is 15.7. The van der Waals surface area contributed by atoms with Crippen molar-refractivity contribution in [3.8, 4) is 11.5 Å². The third-order valence-electron chi connectivity index (χ3n) is 6.56. The summed E-state index contributed by atoms with van der Waals surface area (Å²) in [5.74, 6) is 0.390. The Morgan fingerprint density at radius 3 is 2.07 bits per heavy atom. The van der Waals surface area contributed by atoms with Gasteiger partial charge >= 0.3 is 0 Å². The van der Waals surface area contributed by atoms with Gasteiger partial charge < -0.3 is 19.7 Å². The van der Waals surface area contributed by atoms with Crippen LogP contribution in [0.15, 0.2) is 77.7 Å². The van der Waals surface area contributed by atoms with E-state index in [2.05, 4.69) is 5.32 Å². The van der Waals surface area contributed by atoms with Gasteiger partial charge in [-0.1, -0.05) is 37.6 Å². The third-order valence-corrected chi connectivity index (χ3v) is 8.60. The maximum Gasteiger partial charge on any atom is 0.264 e. The van der Waals surface area contributed by atoms with Gasteiger partial charge in [0.2, 0.25) is 11.8 Å². The van der Waals surface area contributed by atoms with Gasteiger partial charge in [0.1, 0.15) is 24.1 Å². The number of benzene rings is 3. The van der Waals surface area contributed by atoms with Crippen LogP contribution in [0.5, 0.6) is 11.5 Å². The van der Waals surface area contributed by atoms with Crippen molar-refractivity contribution in [3.63, 3.8) is 0 Å². The van der Waals surface area contributed by atoms with E-state index in [0.29, 0.717) is 36.1 Å². The Morgan fingerprint density at radius 2 is 1.52 bits per heavy atom. The molecule has 2 amide bonds. The summed E-state index contributed by atoms with van der Waals surface area (Å²) in [4.78, 5) is 28.7. The van der Waals surface area contributed by atoms with E-state index in [1.807, 2.05) is 32.9 Å². The second-order valence-corrected chi connectivity index (χ2v) is 11.8. The third kappa shape index (κ3) is 8.39. The number of amides is 2. The molecule has 0 bridgehead atoms. The molecule has 0 unspecified atom stereocenters. The minimum Gasteiger partial charge on any atom is -0.497 e. The summed E-state index contributed by atoms with van der Waals surface area (Å²) in [6, 6.07) is 18.6. The molecule has 0 saturated heterocycles. The molecule has 3 rings (SSSR count). The van der Waals surface area contributed by atoms with Crippen molar-refractivity contribution in [3.05, 3.63) is 83.4 Å². The summed E-state index contributed by atoms with van der Waals surface area (Å²) >= 11 is 6.02. The van der Waals surface area contributed by atoms with Crippen LogP contribution in [0.1, 0.15) is 39.2 Å². The minimum atomic E-state index is -4.20. The van der Waals surface area contributed by atoms with Crippen LogP contribution in [0.25, 0.3) is 0 Å². The van der Waals surface area contributed by atoms with E-state index in [1.165, 1.54) is 29.2 Å². The Bertz CT molecular complexity index is 1410. The van der Waals surface area contributed by atoms with Crippen molar-refractivity contribution in [1.82, 2.24) is 10.2 Å². The van der Waals surface area contributed by atoms with Crippen molar-refractivity contribution in [2.45, 2.75) is 51.1 Å². The van der Waals surface area contributed by atoms with E-state index < -0.39 is 28.5 Å². The van der Waals surface area contributed by atoms with E-state index in [9.17, 15) is 18.0 Å². The average molecular weight is 616 g/mol. The van der Waals surface area contributed by atoms with Gasteiger partial charge in [0, 0.05) is 18.1 Å². The topological polar surface area (TPSA) is 105 Å². The standard InChI is InChI=1S/C31H38ClN3O6S/c1-5-20-33-31(37)29(6-2)34(21-23-8-14-26(40-4)15-9-23)30(36)22-35(25-12-16-27(17-13-25)41-7-3)42(38,39)28-18-10-24(32)11-19-28/h8-19,29H,5-7,20-22H2,1-4H3,(H,33,37)/t29-/m0/s1. The lowest BCUT2D eigenvalue weighted by atomic mass is 10.1. The van der Waals surface area contributed by atoms with E-state index in [4.69, 9.17) is 21.1 Å². The average Bonchev–Trinajstić information content (AvgIpc) is 2.99. The maximum atomic E-state index is 14.1. The monoisotopic (exact) mass is 615 g/mol. The van der Waals surface area contributed by atoms with Gasteiger partial charge in [-0.2, -0.15) is 0 Å². The fourth-order valence-corrected chi connectivity index (χ4v) is 5.89. The highest BCUT2D eigenvalue weighted by Gasteiger charge is 2.33. The number of carbonyl (C=O) groups is 2. The fraction of sp³-hybridized carbons (Fsp3) is 0.355. The van der Waals surface area contributed by atoms with Crippen molar-refractivity contribution in [2.75, 3.05) is 31.1 Å². The Kier molecular flexibility index (Phi) is 12.1. The van der Waals surface area contributed by atoms with Crippen LogP contribution in [0.3, 0.4) is 0 Å². The lowest BCUT2D eigenvalue weighted by Crippen LogP contribution is -2.52. The zero-order valence-electron chi connectivity index (χ0n) is 24.4. The summed E-state index contributed by atoms with van der Waals surface area (Å²) < 4.78 is 39.7. The number of rotatable bonds is 15. The molecule has 11 heteroatoms. The molecule has 9 nitrogen and oxygen atoms in total. The van der Waals surface area contributed by atoms with Crippen LogP contribution in [-0.4, -0.2) is 58.0 Å². The molecule has 3 aromatic rings. The van der Waals surface area contributed by atoms with Crippen molar-refractivity contribution >= 4 is 39.1 Å². The van der Waals surface area contributed by atoms with Gasteiger partial charge in [-0.25, -0.2) is 8.42 Å². The zero-order chi connectivity index (χ0) is 30.7. The molecular formula is C31H38ClN3O6S. The van der Waals surface area contributed by atoms with E-state index in [0.717, 1.165) is 16.3 Å². The van der Waals surface area contributed by atoms with Crippen LogP contribution in [0.4, 0.5) is 5.69 Å². The number of methoxy groups -OCH3 is 1. The first-order chi connectivity index (χ1) is 20.1. The number of nitrogens with zero attached hydrogens (tertiary/aromatic N) is 2. The van der Waals surface area contributed by atoms with Crippen LogP contribution in [0, 0.1) is 0 Å². The molecule has 0 radical (unpaired) electrons. The first-order valence-electron chi connectivity index (χ1n) is 13.9. The van der Waals surface area contributed by atoms with Crippen LogP contribution in [0.2, 0.25) is 5.02 Å². The summed E-state index contributed by atoms with van der Waals surface area (Å²) in [6.45, 7) is 6.08. The molecule has 42 heavy (non-hydrogen) atoms. The number of carbonyl (C=O) groups excluding carboxylic acids is 2. The Morgan fingerprint density at radius 1 is 0.905 bits per heavy atom. The Labute approximate surface area is 253 Å². The maximum absolute atomic E-state index is 14.1. The van der Waals surface area contributed by atoms with Gasteiger partial charge in [0.25, 0.3) is 10.0 Å². The molecule has 0 fully saturated rings. The molecule has 1 atom stereocenters. The number of sulfonamides is 1. The molecule has 0 aliphatic heterocycles. The summed E-state index contributed by atoms with van der Waals surface area (Å²) in [6.07, 6.45) is 1.07. The molecule has 0 spiro atoms. The van der Waals surface area contributed by atoms with E-state index in [-0.39, 0.29) is 23.0 Å². The number of nitrogens with one attached hydrogen (secondary N) is 1. The number of hydrogen-bond donors (Lipinski definition) is 1. The number of halogens is 1. The fourth-order valence-electron chi connectivity index (χ4n) is 4.35. The van der Waals surface area contributed by atoms with Crippen molar-refractivity contribution < 1.29 is 27.5 Å². The normalized spacial score (nSPS) is 11.8. The number of anilines is 1. The van der Waals surface area contributed by atoms with Crippen LogP contribution in [-0.2, 0) is 26.2 Å². The highest BCUT2D eigenvalue weighted by molar-refractivity contribution is 7.92. The highest BCUT2D eigenvalue weighted by atomic mass is 35.5. The molecule has 0 aliphatic rings. The molecule has 0 aliphatic carbocycles. The Balaban J connectivity index is 2.04. The predicted octanol–water partition coefficient (Wildman–Crippen LogP) is 5.28. The smallest absolute Gasteiger partial charge is 0.264 e. The predicted molar refractivity (Wildman–Crippen MR) is 165 cm³/mol. The molecule has 226 valence electrons. The van der Waals surface area contributed by atoms with Gasteiger partial charge in [-0.3, -0.25) is 13.9 Å². The van der Waals surface area contributed by atoms with E-state index >= 15 is 0 Å². The lowest BCUT2D eigenvalue weighted by Gasteiger charge is -2.33. The van der Waals surface area contributed by atoms with Gasteiger partial charge in [-0.05, 0) is 86.0 Å². The van der Waals surface area contributed by atoms with E-state index in [1.54, 1.807) is 43.5 Å².